The van der Waals surface area contributed by atoms with Gasteiger partial charge in [-0.2, -0.15) is 0 Å². The van der Waals surface area contributed by atoms with Crippen LogP contribution in [0, 0.1) is 0 Å². The molecule has 0 radical (unpaired) electrons. The fourth-order valence-electron chi connectivity index (χ4n) is 3.74. The highest BCUT2D eigenvalue weighted by Crippen LogP contribution is 2.32. The van der Waals surface area contributed by atoms with E-state index in [-0.39, 0.29) is 18.3 Å². The zero-order chi connectivity index (χ0) is 20.4. The number of thiazole rings is 1. The predicted molar refractivity (Wildman–Crippen MR) is 132 cm³/mol. The zero-order valence-electron chi connectivity index (χ0n) is 17.7. The number of aromatic nitrogens is 1. The Morgan fingerprint density at radius 3 is 2.57 bits per heavy atom. The molecule has 0 saturated carbocycles. The summed E-state index contributed by atoms with van der Waals surface area (Å²) in [7, 11) is 4.06. The quantitative estimate of drug-likeness (QED) is 0.452. The number of hydrogen-bond acceptors (Lipinski definition) is 5. The Hall–Kier alpha value is -1.60. The highest BCUT2D eigenvalue weighted by atomic mass is 35.5. The van der Waals surface area contributed by atoms with Crippen LogP contribution in [-0.4, -0.2) is 49.2 Å². The van der Waals surface area contributed by atoms with Crippen LogP contribution in [0.3, 0.4) is 0 Å². The second-order valence-electron chi connectivity index (χ2n) is 7.78. The van der Waals surface area contributed by atoms with Crippen LogP contribution in [0.25, 0.3) is 10.2 Å². The SMILES string of the molecule is CSc1ccc2nc(N(CCN(C)C)C(=O)c3ccc4c(c3)CCCC4)sc2c1.Cl. The van der Waals surface area contributed by atoms with Crippen LogP contribution in [0.4, 0.5) is 5.13 Å². The van der Waals surface area contributed by atoms with Gasteiger partial charge >= 0.3 is 0 Å². The third kappa shape index (κ3) is 4.99. The van der Waals surface area contributed by atoms with E-state index in [0.717, 1.165) is 40.3 Å². The standard InChI is InChI=1S/C23H27N3OS2.ClH/c1-25(2)12-13-26(23-24-20-11-10-19(28-3)15-21(20)29-23)22(27)18-9-8-16-6-4-5-7-17(16)14-18;/h8-11,14-15H,4-7,12-13H2,1-3H3;1H. The van der Waals surface area contributed by atoms with Crippen molar-refractivity contribution in [1.29, 1.82) is 0 Å². The Kier molecular flexibility index (Phi) is 7.80. The van der Waals surface area contributed by atoms with E-state index >= 15 is 0 Å². The molecule has 1 aliphatic rings. The molecule has 0 spiro atoms. The lowest BCUT2D eigenvalue weighted by Gasteiger charge is -2.23. The monoisotopic (exact) mass is 461 g/mol. The van der Waals surface area contributed by atoms with E-state index in [4.69, 9.17) is 4.98 Å². The van der Waals surface area contributed by atoms with Gasteiger partial charge < -0.3 is 4.90 Å². The second kappa shape index (κ2) is 10.1. The number of carbonyl (C=O) groups excluding carboxylic acids is 1. The van der Waals surface area contributed by atoms with Crippen molar-refractivity contribution in [3.63, 3.8) is 0 Å². The van der Waals surface area contributed by atoms with Crippen molar-refractivity contribution in [2.45, 2.75) is 30.6 Å². The van der Waals surface area contributed by atoms with Crippen LogP contribution < -0.4 is 4.90 Å². The van der Waals surface area contributed by atoms with Gasteiger partial charge in [-0.1, -0.05) is 17.4 Å². The minimum absolute atomic E-state index is 0. The summed E-state index contributed by atoms with van der Waals surface area (Å²) < 4.78 is 1.12. The maximum absolute atomic E-state index is 13.5. The number of hydrogen-bond donors (Lipinski definition) is 0. The maximum Gasteiger partial charge on any atom is 0.260 e. The number of fused-ring (bicyclic) bond motifs is 2. The number of likely N-dealkylation sites (N-methyl/N-ethyl adjacent to an activating group) is 1. The Balaban J connectivity index is 0.00000256. The van der Waals surface area contributed by atoms with Gasteiger partial charge in [0.05, 0.1) is 10.2 Å². The van der Waals surface area contributed by atoms with E-state index < -0.39 is 0 Å². The van der Waals surface area contributed by atoms with E-state index in [0.29, 0.717) is 6.54 Å². The van der Waals surface area contributed by atoms with Gasteiger partial charge in [0.2, 0.25) is 0 Å². The molecule has 4 nitrogen and oxygen atoms in total. The van der Waals surface area contributed by atoms with Crippen LogP contribution >= 0.6 is 35.5 Å². The van der Waals surface area contributed by atoms with Gasteiger partial charge in [0.15, 0.2) is 5.13 Å². The van der Waals surface area contributed by atoms with Crippen molar-refractivity contribution in [1.82, 2.24) is 9.88 Å². The molecule has 0 aliphatic heterocycles. The number of thioether (sulfide) groups is 1. The van der Waals surface area contributed by atoms with Gasteiger partial charge in [0, 0.05) is 23.5 Å². The first-order valence-electron chi connectivity index (χ1n) is 10.1. The third-order valence-corrected chi connectivity index (χ3v) is 7.19. The number of rotatable bonds is 6. The normalized spacial score (nSPS) is 13.2. The molecular weight excluding hydrogens is 434 g/mol. The first-order chi connectivity index (χ1) is 14.0. The third-order valence-electron chi connectivity index (χ3n) is 5.43. The molecule has 0 unspecified atom stereocenters. The van der Waals surface area contributed by atoms with Crippen LogP contribution in [0.2, 0.25) is 0 Å². The molecular formula is C23H28ClN3OS2. The number of benzene rings is 2. The summed E-state index contributed by atoms with van der Waals surface area (Å²) in [4.78, 5) is 23.5. The average molecular weight is 462 g/mol. The summed E-state index contributed by atoms with van der Waals surface area (Å²) in [5.41, 5.74) is 4.46. The number of anilines is 1. The molecule has 2 aromatic carbocycles. The summed E-state index contributed by atoms with van der Waals surface area (Å²) in [5, 5.41) is 0.780. The van der Waals surface area contributed by atoms with Gasteiger partial charge in [0.1, 0.15) is 0 Å². The van der Waals surface area contributed by atoms with Gasteiger partial charge in [0.25, 0.3) is 5.91 Å². The van der Waals surface area contributed by atoms with Crippen LogP contribution in [0.5, 0.6) is 0 Å². The van der Waals surface area contributed by atoms with Crippen LogP contribution in [0.1, 0.15) is 34.3 Å². The second-order valence-corrected chi connectivity index (χ2v) is 9.67. The molecule has 0 fully saturated rings. The Morgan fingerprint density at radius 2 is 1.83 bits per heavy atom. The van der Waals surface area contributed by atoms with Crippen molar-refractivity contribution in [2.24, 2.45) is 0 Å². The molecule has 3 aromatic rings. The van der Waals surface area contributed by atoms with Gasteiger partial charge in [-0.15, -0.1) is 24.2 Å². The molecule has 1 amide bonds. The summed E-state index contributed by atoms with van der Waals surface area (Å²) in [6, 6.07) is 12.6. The predicted octanol–water partition coefficient (Wildman–Crippen LogP) is 5.53. The Morgan fingerprint density at radius 1 is 1.07 bits per heavy atom. The molecule has 0 bridgehead atoms. The van der Waals surface area contributed by atoms with E-state index in [2.05, 4.69) is 41.5 Å². The molecule has 7 heteroatoms. The van der Waals surface area contributed by atoms with Crippen LogP contribution in [0.15, 0.2) is 41.3 Å². The smallest absolute Gasteiger partial charge is 0.260 e. The van der Waals surface area contributed by atoms with E-state index in [1.54, 1.807) is 23.1 Å². The van der Waals surface area contributed by atoms with Crippen molar-refractivity contribution in [3.05, 3.63) is 53.1 Å². The maximum atomic E-state index is 13.5. The molecule has 1 aliphatic carbocycles. The van der Waals surface area contributed by atoms with Gasteiger partial charge in [-0.3, -0.25) is 9.69 Å². The van der Waals surface area contributed by atoms with Crippen LogP contribution in [-0.2, 0) is 12.8 Å². The molecule has 0 N–H and O–H groups in total. The zero-order valence-corrected chi connectivity index (χ0v) is 20.1. The highest BCUT2D eigenvalue weighted by Gasteiger charge is 2.23. The average Bonchev–Trinajstić information content (AvgIpc) is 3.15. The number of halogens is 1. The lowest BCUT2D eigenvalue weighted by molar-refractivity contribution is 0.0985. The summed E-state index contributed by atoms with van der Waals surface area (Å²) in [5.74, 6) is 0.0457. The van der Waals surface area contributed by atoms with E-state index in [9.17, 15) is 4.79 Å². The van der Waals surface area contributed by atoms with Crippen molar-refractivity contribution >= 4 is 56.8 Å². The fourth-order valence-corrected chi connectivity index (χ4v) is 5.29. The van der Waals surface area contributed by atoms with Gasteiger partial charge in [-0.25, -0.2) is 4.98 Å². The molecule has 0 atom stereocenters. The lowest BCUT2D eigenvalue weighted by atomic mass is 9.90. The number of aryl methyl sites for hydroxylation is 2. The lowest BCUT2D eigenvalue weighted by Crippen LogP contribution is -2.36. The summed E-state index contributed by atoms with van der Waals surface area (Å²) in [6.45, 7) is 1.42. The highest BCUT2D eigenvalue weighted by molar-refractivity contribution is 7.98. The molecule has 1 aromatic heterocycles. The molecule has 1 heterocycles. The van der Waals surface area contributed by atoms with Crippen molar-refractivity contribution in [2.75, 3.05) is 38.3 Å². The minimum atomic E-state index is 0. The first kappa shape index (κ1) is 23.1. The van der Waals surface area contributed by atoms with E-state index in [1.165, 1.54) is 28.9 Å². The van der Waals surface area contributed by atoms with E-state index in [1.807, 2.05) is 25.1 Å². The summed E-state index contributed by atoms with van der Waals surface area (Å²) in [6.07, 6.45) is 6.74. The molecule has 30 heavy (non-hydrogen) atoms. The van der Waals surface area contributed by atoms with Crippen molar-refractivity contribution in [3.8, 4) is 0 Å². The largest absolute Gasteiger partial charge is 0.308 e. The first-order valence-corrected chi connectivity index (χ1v) is 12.1. The number of nitrogens with zero attached hydrogens (tertiary/aromatic N) is 3. The minimum Gasteiger partial charge on any atom is -0.308 e. The summed E-state index contributed by atoms with van der Waals surface area (Å²) >= 11 is 3.32. The molecule has 0 saturated heterocycles. The number of amides is 1. The Bertz CT molecular complexity index is 1030. The topological polar surface area (TPSA) is 36.4 Å². The van der Waals surface area contributed by atoms with Gasteiger partial charge in [-0.05, 0) is 87.5 Å². The molecule has 160 valence electrons. The fraction of sp³-hybridized carbons (Fsp3) is 0.391. The number of carbonyl (C=O) groups is 1. The molecule has 4 rings (SSSR count). The Labute approximate surface area is 193 Å². The van der Waals surface area contributed by atoms with Crippen molar-refractivity contribution < 1.29 is 4.79 Å².